The van der Waals surface area contributed by atoms with Crippen LogP contribution >= 0.6 is 0 Å². The Morgan fingerprint density at radius 3 is 2.54 bits per heavy atom. The summed E-state index contributed by atoms with van der Waals surface area (Å²) >= 11 is 0. The van der Waals surface area contributed by atoms with Crippen molar-refractivity contribution in [2.75, 3.05) is 18.4 Å². The fourth-order valence-corrected chi connectivity index (χ4v) is 3.18. The van der Waals surface area contributed by atoms with Crippen LogP contribution in [0.15, 0.2) is 18.2 Å². The molecule has 0 saturated carbocycles. The van der Waals surface area contributed by atoms with E-state index in [1.54, 1.807) is 6.92 Å². The van der Waals surface area contributed by atoms with Crippen LogP contribution in [0, 0.1) is 0 Å². The number of imide groups is 1. The summed E-state index contributed by atoms with van der Waals surface area (Å²) < 4.78 is 0. The Kier molecular flexibility index (Phi) is 4.54. The molecule has 0 atom stereocenters. The van der Waals surface area contributed by atoms with E-state index in [0.29, 0.717) is 24.9 Å². The molecule has 26 heavy (non-hydrogen) atoms. The Balaban J connectivity index is 1.72. The van der Waals surface area contributed by atoms with E-state index in [1.165, 1.54) is 23.1 Å². The molecule has 2 saturated heterocycles. The lowest BCUT2D eigenvalue weighted by molar-refractivity contribution is -0.125. The van der Waals surface area contributed by atoms with Crippen LogP contribution in [0.25, 0.3) is 0 Å². The second kappa shape index (κ2) is 6.66. The van der Waals surface area contributed by atoms with Gasteiger partial charge in [0.1, 0.15) is 11.3 Å². The molecule has 0 unspecified atom stereocenters. The molecule has 0 radical (unpaired) electrons. The summed E-state index contributed by atoms with van der Waals surface area (Å²) in [6.07, 6.45) is 0.888. The second-order valence-electron chi connectivity index (χ2n) is 6.42. The normalized spacial score (nSPS) is 18.4. The Morgan fingerprint density at radius 1 is 1.27 bits per heavy atom. The zero-order valence-corrected chi connectivity index (χ0v) is 14.3. The predicted octanol–water partition coefficient (Wildman–Crippen LogP) is 0.555. The summed E-state index contributed by atoms with van der Waals surface area (Å²) in [6, 6.07) is 3.78. The van der Waals surface area contributed by atoms with Crippen molar-refractivity contribution in [3.05, 3.63) is 23.8 Å². The van der Waals surface area contributed by atoms with Crippen molar-refractivity contribution >= 4 is 29.4 Å². The zero-order chi connectivity index (χ0) is 18.9. The van der Waals surface area contributed by atoms with Crippen LogP contribution in [0.4, 0.5) is 10.5 Å². The molecule has 4 N–H and O–H groups in total. The van der Waals surface area contributed by atoms with E-state index in [4.69, 9.17) is 0 Å². The van der Waals surface area contributed by atoms with Gasteiger partial charge in [-0.1, -0.05) is 6.92 Å². The Hall–Kier alpha value is -3.10. The van der Waals surface area contributed by atoms with Gasteiger partial charge in [-0.2, -0.15) is 0 Å². The molecule has 2 aliphatic heterocycles. The lowest BCUT2D eigenvalue weighted by Crippen LogP contribution is -2.55. The molecule has 1 aromatic rings. The van der Waals surface area contributed by atoms with Gasteiger partial charge in [0.2, 0.25) is 5.91 Å². The Labute approximate surface area is 149 Å². The van der Waals surface area contributed by atoms with Gasteiger partial charge in [0.25, 0.3) is 11.8 Å². The number of carbonyl (C=O) groups is 4. The number of hydrogen-bond acceptors (Lipinski definition) is 5. The van der Waals surface area contributed by atoms with Crippen LogP contribution in [0.3, 0.4) is 0 Å². The van der Waals surface area contributed by atoms with Crippen molar-refractivity contribution in [2.24, 2.45) is 0 Å². The number of hydrogen-bond donors (Lipinski definition) is 4. The average Bonchev–Trinajstić information content (AvgIpc) is 2.89. The molecule has 138 valence electrons. The van der Waals surface area contributed by atoms with E-state index in [0.717, 1.165) is 0 Å². The van der Waals surface area contributed by atoms with E-state index < -0.39 is 17.5 Å². The Morgan fingerprint density at radius 2 is 1.96 bits per heavy atom. The molecule has 3 rings (SSSR count). The molecule has 1 aromatic carbocycles. The molecule has 9 nitrogen and oxygen atoms in total. The van der Waals surface area contributed by atoms with Crippen LogP contribution in [0.2, 0.25) is 0 Å². The molecule has 0 aliphatic carbocycles. The maximum atomic E-state index is 12.7. The highest BCUT2D eigenvalue weighted by Gasteiger charge is 2.48. The van der Waals surface area contributed by atoms with Gasteiger partial charge in [-0.3, -0.25) is 19.7 Å². The molecule has 1 spiro atoms. The SMILES string of the molecule is CCC(=O)Nc1ccc(O)c(C(=O)N2CCC3(CC2)NC(=O)NC3=O)c1. The van der Waals surface area contributed by atoms with E-state index in [-0.39, 0.29) is 36.2 Å². The third kappa shape index (κ3) is 3.19. The van der Waals surface area contributed by atoms with E-state index in [1.807, 2.05) is 0 Å². The van der Waals surface area contributed by atoms with Gasteiger partial charge in [0.05, 0.1) is 5.56 Å². The van der Waals surface area contributed by atoms with Gasteiger partial charge >= 0.3 is 6.03 Å². The number of amides is 5. The fraction of sp³-hybridized carbons (Fsp3) is 0.412. The number of anilines is 1. The highest BCUT2D eigenvalue weighted by Crippen LogP contribution is 2.29. The number of aromatic hydroxyl groups is 1. The van der Waals surface area contributed by atoms with Crippen LogP contribution in [0.5, 0.6) is 5.75 Å². The lowest BCUT2D eigenvalue weighted by Gasteiger charge is -2.37. The monoisotopic (exact) mass is 360 g/mol. The number of rotatable bonds is 3. The van der Waals surface area contributed by atoms with Crippen molar-refractivity contribution in [1.29, 1.82) is 0 Å². The Bertz CT molecular complexity index is 783. The van der Waals surface area contributed by atoms with Gasteiger partial charge in [0.15, 0.2) is 0 Å². The quantitative estimate of drug-likeness (QED) is 0.462. The third-order valence-corrected chi connectivity index (χ3v) is 4.75. The number of piperidine rings is 1. The maximum Gasteiger partial charge on any atom is 0.322 e. The van der Waals surface area contributed by atoms with Crippen molar-refractivity contribution in [3.8, 4) is 5.75 Å². The first kappa shape index (κ1) is 17.7. The van der Waals surface area contributed by atoms with Gasteiger partial charge in [0, 0.05) is 25.2 Å². The number of phenols is 1. The van der Waals surface area contributed by atoms with Crippen molar-refractivity contribution < 1.29 is 24.3 Å². The first-order valence-corrected chi connectivity index (χ1v) is 8.40. The molecule has 2 heterocycles. The largest absolute Gasteiger partial charge is 0.507 e. The number of nitrogens with one attached hydrogen (secondary N) is 3. The summed E-state index contributed by atoms with van der Waals surface area (Å²) in [4.78, 5) is 49.1. The number of carbonyl (C=O) groups excluding carboxylic acids is 4. The van der Waals surface area contributed by atoms with Crippen LogP contribution < -0.4 is 16.0 Å². The molecule has 2 aliphatic rings. The first-order valence-electron chi connectivity index (χ1n) is 8.40. The highest BCUT2D eigenvalue weighted by molar-refractivity contribution is 6.07. The maximum absolute atomic E-state index is 12.7. The van der Waals surface area contributed by atoms with E-state index in [2.05, 4.69) is 16.0 Å². The average molecular weight is 360 g/mol. The second-order valence-corrected chi connectivity index (χ2v) is 6.42. The van der Waals surface area contributed by atoms with Crippen LogP contribution in [0.1, 0.15) is 36.5 Å². The third-order valence-electron chi connectivity index (χ3n) is 4.75. The topological polar surface area (TPSA) is 128 Å². The molecular weight excluding hydrogens is 340 g/mol. The summed E-state index contributed by atoms with van der Waals surface area (Å²) in [5, 5.41) is 17.5. The molecule has 0 bridgehead atoms. The van der Waals surface area contributed by atoms with Crippen LogP contribution in [-0.2, 0) is 9.59 Å². The number of nitrogens with zero attached hydrogens (tertiary/aromatic N) is 1. The summed E-state index contributed by atoms with van der Waals surface area (Å²) in [6.45, 7) is 2.23. The van der Waals surface area contributed by atoms with E-state index >= 15 is 0 Å². The molecule has 0 aromatic heterocycles. The first-order chi connectivity index (χ1) is 12.3. The number of urea groups is 1. The predicted molar refractivity (Wildman–Crippen MR) is 91.6 cm³/mol. The minimum atomic E-state index is -0.965. The fourth-order valence-electron chi connectivity index (χ4n) is 3.18. The smallest absolute Gasteiger partial charge is 0.322 e. The minimum Gasteiger partial charge on any atom is -0.507 e. The van der Waals surface area contributed by atoms with Crippen molar-refractivity contribution in [3.63, 3.8) is 0 Å². The number of likely N-dealkylation sites (tertiary alicyclic amines) is 1. The van der Waals surface area contributed by atoms with Gasteiger partial charge in [-0.15, -0.1) is 0 Å². The molecule has 5 amide bonds. The molecular formula is C17H20N4O5. The highest BCUT2D eigenvalue weighted by atomic mass is 16.3. The van der Waals surface area contributed by atoms with Crippen molar-refractivity contribution in [2.45, 2.75) is 31.7 Å². The molecule has 2 fully saturated rings. The summed E-state index contributed by atoms with van der Waals surface area (Å²) in [5.74, 6) is -1.15. The van der Waals surface area contributed by atoms with Gasteiger partial charge in [-0.05, 0) is 31.0 Å². The van der Waals surface area contributed by atoms with Gasteiger partial charge < -0.3 is 20.6 Å². The zero-order valence-electron chi connectivity index (χ0n) is 14.3. The number of phenolic OH excluding ortho intramolecular Hbond substituents is 1. The van der Waals surface area contributed by atoms with Gasteiger partial charge in [-0.25, -0.2) is 4.79 Å². The minimum absolute atomic E-state index is 0.0785. The lowest BCUT2D eigenvalue weighted by atomic mass is 9.87. The molecule has 9 heteroatoms. The van der Waals surface area contributed by atoms with Crippen molar-refractivity contribution in [1.82, 2.24) is 15.5 Å². The number of benzene rings is 1. The summed E-state index contributed by atoms with van der Waals surface area (Å²) in [5.41, 5.74) is -0.462. The standard InChI is InChI=1S/C17H20N4O5/c1-2-13(23)18-10-3-4-12(22)11(9-10)14(24)21-7-5-17(6-8-21)15(25)19-16(26)20-17/h3-4,9,22H,2,5-8H2,1H3,(H,18,23)(H2,19,20,25,26). The summed E-state index contributed by atoms with van der Waals surface area (Å²) in [7, 11) is 0. The van der Waals surface area contributed by atoms with E-state index in [9.17, 15) is 24.3 Å². The van der Waals surface area contributed by atoms with Crippen LogP contribution in [-0.4, -0.2) is 52.4 Å².